The summed E-state index contributed by atoms with van der Waals surface area (Å²) in [6.45, 7) is 8.06. The molecule has 3 heterocycles. The lowest BCUT2D eigenvalue weighted by Crippen LogP contribution is -2.39. The summed E-state index contributed by atoms with van der Waals surface area (Å²) in [6.07, 6.45) is 5.22. The zero-order valence-corrected chi connectivity index (χ0v) is 15.5. The first-order valence-corrected chi connectivity index (χ1v) is 8.84. The molecule has 1 amide bonds. The fourth-order valence-electron chi connectivity index (χ4n) is 2.90. The Hall–Kier alpha value is -2.70. The third-order valence-corrected chi connectivity index (χ3v) is 4.36. The van der Waals surface area contributed by atoms with Gasteiger partial charge in [-0.15, -0.1) is 0 Å². The van der Waals surface area contributed by atoms with Crippen molar-refractivity contribution in [2.45, 2.75) is 45.1 Å². The van der Waals surface area contributed by atoms with Crippen molar-refractivity contribution < 1.29 is 9.53 Å². The van der Waals surface area contributed by atoms with Crippen LogP contribution in [0.15, 0.2) is 30.6 Å². The van der Waals surface area contributed by atoms with Crippen molar-refractivity contribution in [3.63, 3.8) is 0 Å². The number of nitrogens with two attached hydrogens (primary N) is 1. The van der Waals surface area contributed by atoms with Gasteiger partial charge in [0.15, 0.2) is 0 Å². The Morgan fingerprint density at radius 3 is 2.54 bits per heavy atom. The monoisotopic (exact) mass is 355 g/mol. The number of carbonyl (C=O) groups excluding carboxylic acids is 1. The van der Waals surface area contributed by atoms with Gasteiger partial charge in [-0.05, 0) is 12.1 Å². The number of pyridine rings is 1. The third kappa shape index (κ3) is 4.28. The molecule has 0 unspecified atom stereocenters. The van der Waals surface area contributed by atoms with E-state index in [0.717, 1.165) is 37.6 Å². The average Bonchev–Trinajstić information content (AvgIpc) is 2.62. The second-order valence-corrected chi connectivity index (χ2v) is 7.53. The van der Waals surface area contributed by atoms with Gasteiger partial charge in [-0.25, -0.2) is 9.97 Å². The van der Waals surface area contributed by atoms with Gasteiger partial charge in [0.05, 0.1) is 0 Å². The Kier molecular flexibility index (Phi) is 5.06. The molecule has 0 saturated carbocycles. The van der Waals surface area contributed by atoms with Gasteiger partial charge in [0, 0.05) is 49.8 Å². The Morgan fingerprint density at radius 2 is 1.88 bits per heavy atom. The summed E-state index contributed by atoms with van der Waals surface area (Å²) in [5.41, 5.74) is 5.41. The number of rotatable bonds is 4. The molecule has 0 aliphatic carbocycles. The topological polar surface area (TPSA) is 94.2 Å². The van der Waals surface area contributed by atoms with Crippen molar-refractivity contribution in [3.8, 4) is 5.75 Å². The number of ether oxygens (including phenoxy) is 1. The van der Waals surface area contributed by atoms with Crippen LogP contribution in [0.2, 0.25) is 0 Å². The Labute approximate surface area is 153 Å². The van der Waals surface area contributed by atoms with Crippen molar-refractivity contribution >= 4 is 11.7 Å². The lowest BCUT2D eigenvalue weighted by atomic mass is 9.96. The Balaban J connectivity index is 1.61. The molecule has 0 bridgehead atoms. The summed E-state index contributed by atoms with van der Waals surface area (Å²) in [7, 11) is 0. The van der Waals surface area contributed by atoms with E-state index in [1.807, 2.05) is 12.3 Å². The standard InChI is InChI=1S/C19H25N5O2/c1-19(2,3)18-22-9-5-16(23-18)24-10-6-13(7-11-24)26-14-4-8-21-15(12-14)17(20)25/h4-5,8-9,12-13H,6-7,10-11H2,1-3H3,(H2,20,25). The van der Waals surface area contributed by atoms with Crippen LogP contribution in [-0.2, 0) is 5.41 Å². The molecular weight excluding hydrogens is 330 g/mol. The molecule has 0 atom stereocenters. The highest BCUT2D eigenvalue weighted by Gasteiger charge is 2.24. The van der Waals surface area contributed by atoms with Crippen LogP contribution in [-0.4, -0.2) is 40.1 Å². The second-order valence-electron chi connectivity index (χ2n) is 7.53. The zero-order valence-electron chi connectivity index (χ0n) is 15.5. The Bertz CT molecular complexity index is 779. The highest BCUT2D eigenvalue weighted by atomic mass is 16.5. The largest absolute Gasteiger partial charge is 0.490 e. The summed E-state index contributed by atoms with van der Waals surface area (Å²) in [5, 5.41) is 0. The number of amides is 1. The highest BCUT2D eigenvalue weighted by molar-refractivity contribution is 5.91. The molecule has 138 valence electrons. The molecule has 7 nitrogen and oxygen atoms in total. The number of piperidine rings is 1. The van der Waals surface area contributed by atoms with Crippen molar-refractivity contribution in [3.05, 3.63) is 42.1 Å². The molecule has 1 saturated heterocycles. The molecule has 1 fully saturated rings. The first kappa shape index (κ1) is 18.1. The summed E-state index contributed by atoms with van der Waals surface area (Å²) in [4.78, 5) is 26.5. The van der Waals surface area contributed by atoms with Crippen LogP contribution >= 0.6 is 0 Å². The zero-order chi connectivity index (χ0) is 18.7. The second kappa shape index (κ2) is 7.27. The van der Waals surface area contributed by atoms with E-state index >= 15 is 0 Å². The van der Waals surface area contributed by atoms with E-state index < -0.39 is 5.91 Å². The lowest BCUT2D eigenvalue weighted by molar-refractivity contribution is 0.0994. The van der Waals surface area contributed by atoms with Crippen molar-refractivity contribution in [2.75, 3.05) is 18.0 Å². The molecule has 2 aromatic heterocycles. The molecule has 2 aromatic rings. The van der Waals surface area contributed by atoms with E-state index in [9.17, 15) is 4.79 Å². The molecule has 7 heteroatoms. The van der Waals surface area contributed by atoms with Crippen LogP contribution in [0.5, 0.6) is 5.75 Å². The molecule has 2 N–H and O–H groups in total. The van der Waals surface area contributed by atoms with Gasteiger partial charge in [0.2, 0.25) is 0 Å². The SMILES string of the molecule is CC(C)(C)c1nccc(N2CCC(Oc3ccnc(C(N)=O)c3)CC2)n1. The van der Waals surface area contributed by atoms with Gasteiger partial charge < -0.3 is 15.4 Å². The first-order valence-electron chi connectivity index (χ1n) is 8.84. The smallest absolute Gasteiger partial charge is 0.267 e. The first-order chi connectivity index (χ1) is 12.3. The third-order valence-electron chi connectivity index (χ3n) is 4.36. The molecule has 0 aromatic carbocycles. The minimum Gasteiger partial charge on any atom is -0.490 e. The summed E-state index contributed by atoms with van der Waals surface area (Å²) >= 11 is 0. The van der Waals surface area contributed by atoms with E-state index in [1.54, 1.807) is 18.3 Å². The van der Waals surface area contributed by atoms with Crippen LogP contribution in [0.1, 0.15) is 49.9 Å². The van der Waals surface area contributed by atoms with Gasteiger partial charge in [0.1, 0.15) is 29.2 Å². The van der Waals surface area contributed by atoms with Crippen molar-refractivity contribution in [2.24, 2.45) is 5.73 Å². The van der Waals surface area contributed by atoms with Gasteiger partial charge in [-0.2, -0.15) is 0 Å². The minimum atomic E-state index is -0.552. The van der Waals surface area contributed by atoms with Crippen LogP contribution in [0, 0.1) is 0 Å². The van der Waals surface area contributed by atoms with E-state index in [4.69, 9.17) is 15.5 Å². The lowest BCUT2D eigenvalue weighted by Gasteiger charge is -2.33. The molecule has 1 aliphatic heterocycles. The number of primary amides is 1. The van der Waals surface area contributed by atoms with Crippen LogP contribution in [0.4, 0.5) is 5.82 Å². The number of hydrogen-bond donors (Lipinski definition) is 1. The van der Waals surface area contributed by atoms with Crippen LogP contribution in [0.25, 0.3) is 0 Å². The number of anilines is 1. The maximum Gasteiger partial charge on any atom is 0.267 e. The van der Waals surface area contributed by atoms with Gasteiger partial charge in [-0.1, -0.05) is 20.8 Å². The van der Waals surface area contributed by atoms with Crippen LogP contribution < -0.4 is 15.4 Å². The summed E-state index contributed by atoms with van der Waals surface area (Å²) < 4.78 is 6.00. The molecular formula is C19H25N5O2. The number of carbonyl (C=O) groups is 1. The molecule has 0 radical (unpaired) electrons. The number of nitrogens with zero attached hydrogens (tertiary/aromatic N) is 4. The summed E-state index contributed by atoms with van der Waals surface area (Å²) in [5.74, 6) is 1.89. The quantitative estimate of drug-likeness (QED) is 0.904. The van der Waals surface area contributed by atoms with Crippen molar-refractivity contribution in [1.82, 2.24) is 15.0 Å². The minimum absolute atomic E-state index is 0.0725. The number of hydrogen-bond acceptors (Lipinski definition) is 6. The van der Waals surface area contributed by atoms with E-state index in [-0.39, 0.29) is 17.2 Å². The number of aromatic nitrogens is 3. The fourth-order valence-corrected chi connectivity index (χ4v) is 2.90. The van der Waals surface area contributed by atoms with E-state index in [2.05, 4.69) is 35.6 Å². The molecule has 0 spiro atoms. The highest BCUT2D eigenvalue weighted by Crippen LogP contribution is 2.24. The summed E-state index contributed by atoms with van der Waals surface area (Å²) in [6, 6.07) is 5.30. The van der Waals surface area contributed by atoms with Crippen LogP contribution in [0.3, 0.4) is 0 Å². The Morgan fingerprint density at radius 1 is 1.19 bits per heavy atom. The van der Waals surface area contributed by atoms with E-state index in [0.29, 0.717) is 5.75 Å². The molecule has 3 rings (SSSR count). The van der Waals surface area contributed by atoms with Gasteiger partial charge >= 0.3 is 0 Å². The van der Waals surface area contributed by atoms with E-state index in [1.165, 1.54) is 0 Å². The van der Waals surface area contributed by atoms with Gasteiger partial charge in [0.25, 0.3) is 5.91 Å². The van der Waals surface area contributed by atoms with Gasteiger partial charge in [-0.3, -0.25) is 9.78 Å². The molecule has 26 heavy (non-hydrogen) atoms. The maximum atomic E-state index is 11.2. The predicted octanol–water partition coefficient (Wildman–Crippen LogP) is 2.32. The fraction of sp³-hybridized carbons (Fsp3) is 0.474. The normalized spacial score (nSPS) is 15.7. The van der Waals surface area contributed by atoms with Crippen molar-refractivity contribution in [1.29, 1.82) is 0 Å². The predicted molar refractivity (Wildman–Crippen MR) is 99.3 cm³/mol. The average molecular weight is 355 g/mol. The maximum absolute atomic E-state index is 11.2. The molecule has 1 aliphatic rings.